The molecule has 2 heterocycles. The Kier molecular flexibility index (Phi) is 5.43. The molecule has 0 spiro atoms. The molecule has 0 bridgehead atoms. The van der Waals surface area contributed by atoms with Crippen molar-refractivity contribution in [2.24, 2.45) is 0 Å². The van der Waals surface area contributed by atoms with Gasteiger partial charge in [0, 0.05) is 30.3 Å². The number of nitrogens with zero attached hydrogens (tertiary/aromatic N) is 1. The second-order valence-corrected chi connectivity index (χ2v) is 9.31. The van der Waals surface area contributed by atoms with Crippen LogP contribution < -0.4 is 5.32 Å². The number of amides is 1. The summed E-state index contributed by atoms with van der Waals surface area (Å²) in [7, 11) is -3.70. The molecule has 1 N–H and O–H groups in total. The van der Waals surface area contributed by atoms with Crippen LogP contribution >= 0.6 is 0 Å². The van der Waals surface area contributed by atoms with Crippen molar-refractivity contribution in [1.82, 2.24) is 9.88 Å². The summed E-state index contributed by atoms with van der Waals surface area (Å²) in [6.45, 7) is 3.18. The summed E-state index contributed by atoms with van der Waals surface area (Å²) in [5, 5.41) is 3.50. The molecular weight excluding hydrogens is 388 g/mol. The lowest BCUT2D eigenvalue weighted by molar-refractivity contribution is -0.122. The van der Waals surface area contributed by atoms with Gasteiger partial charge < -0.3 is 14.6 Å². The van der Waals surface area contributed by atoms with Crippen molar-refractivity contribution in [2.45, 2.75) is 42.2 Å². The topological polar surface area (TPSA) is 77.4 Å². The Bertz CT molecular complexity index is 1130. The van der Waals surface area contributed by atoms with E-state index < -0.39 is 9.84 Å². The van der Waals surface area contributed by atoms with Crippen molar-refractivity contribution < 1.29 is 17.9 Å². The fourth-order valence-corrected chi connectivity index (χ4v) is 5.12. The second kappa shape index (κ2) is 8.00. The molecule has 0 aliphatic carbocycles. The first kappa shape index (κ1) is 19.7. The predicted octanol–water partition coefficient (Wildman–Crippen LogP) is 3.08. The highest BCUT2D eigenvalue weighted by Crippen LogP contribution is 2.30. The number of sulfone groups is 1. The molecule has 1 aliphatic heterocycles. The van der Waals surface area contributed by atoms with E-state index in [2.05, 4.69) is 5.32 Å². The molecule has 1 saturated heterocycles. The maximum Gasteiger partial charge on any atom is 0.240 e. The predicted molar refractivity (Wildman–Crippen MR) is 111 cm³/mol. The van der Waals surface area contributed by atoms with Gasteiger partial charge in [-0.25, -0.2) is 8.42 Å². The molecule has 1 amide bonds. The van der Waals surface area contributed by atoms with E-state index >= 15 is 0 Å². The normalized spacial score (nSPS) is 16.9. The number of carbonyl (C=O) groups excluding carboxylic acids is 1. The number of carbonyl (C=O) groups is 1. The van der Waals surface area contributed by atoms with Crippen LogP contribution in [0.25, 0.3) is 10.9 Å². The third kappa shape index (κ3) is 4.06. The highest BCUT2D eigenvalue weighted by atomic mass is 32.2. The maximum absolute atomic E-state index is 13.2. The first-order valence-electron chi connectivity index (χ1n) is 9.73. The van der Waals surface area contributed by atoms with Gasteiger partial charge in [0.1, 0.15) is 6.54 Å². The summed E-state index contributed by atoms with van der Waals surface area (Å²) in [5.41, 5.74) is 1.71. The summed E-state index contributed by atoms with van der Waals surface area (Å²) in [6, 6.07) is 14.0. The van der Waals surface area contributed by atoms with Crippen LogP contribution in [0.3, 0.4) is 0 Å². The number of para-hydroxylation sites is 1. The molecule has 29 heavy (non-hydrogen) atoms. The van der Waals surface area contributed by atoms with Crippen LogP contribution in [0, 0.1) is 6.92 Å². The van der Waals surface area contributed by atoms with E-state index in [-0.39, 0.29) is 28.3 Å². The molecule has 2 aromatic carbocycles. The zero-order chi connectivity index (χ0) is 20.4. The molecule has 0 saturated carbocycles. The number of fused-ring (bicyclic) bond motifs is 1. The largest absolute Gasteiger partial charge is 0.376 e. The number of hydrogen-bond donors (Lipinski definition) is 1. The van der Waals surface area contributed by atoms with Gasteiger partial charge in [-0.15, -0.1) is 0 Å². The van der Waals surface area contributed by atoms with Gasteiger partial charge in [0.2, 0.25) is 15.7 Å². The minimum Gasteiger partial charge on any atom is -0.376 e. The van der Waals surface area contributed by atoms with Crippen molar-refractivity contribution in [3.63, 3.8) is 0 Å². The van der Waals surface area contributed by atoms with Crippen molar-refractivity contribution in [3.05, 3.63) is 60.3 Å². The van der Waals surface area contributed by atoms with E-state index in [0.717, 1.165) is 25.0 Å². The Hall–Kier alpha value is -2.64. The van der Waals surface area contributed by atoms with Crippen LogP contribution in [0.5, 0.6) is 0 Å². The lowest BCUT2D eigenvalue weighted by Gasteiger charge is -2.11. The summed E-state index contributed by atoms with van der Waals surface area (Å²) in [6.07, 6.45) is 3.60. The molecule has 1 aromatic heterocycles. The van der Waals surface area contributed by atoms with Crippen molar-refractivity contribution in [3.8, 4) is 0 Å². The highest BCUT2D eigenvalue weighted by Gasteiger charge is 2.24. The van der Waals surface area contributed by atoms with Gasteiger partial charge in [-0.2, -0.15) is 0 Å². The Morgan fingerprint density at radius 2 is 1.93 bits per heavy atom. The van der Waals surface area contributed by atoms with E-state index in [1.165, 1.54) is 0 Å². The van der Waals surface area contributed by atoms with Gasteiger partial charge >= 0.3 is 0 Å². The SMILES string of the molecule is Cc1ccc(S(=O)(=O)c2cn(CC(=O)NC[C@H]3CCCO3)c3ccccc23)cc1. The van der Waals surface area contributed by atoms with Crippen LogP contribution in [0.2, 0.25) is 0 Å². The van der Waals surface area contributed by atoms with Crippen molar-refractivity contribution >= 4 is 26.6 Å². The van der Waals surface area contributed by atoms with E-state index in [1.807, 2.05) is 19.1 Å². The van der Waals surface area contributed by atoms with Crippen molar-refractivity contribution in [2.75, 3.05) is 13.2 Å². The van der Waals surface area contributed by atoms with Crippen LogP contribution in [0.15, 0.2) is 64.5 Å². The molecule has 1 fully saturated rings. The number of aryl methyl sites for hydroxylation is 1. The van der Waals surface area contributed by atoms with Gasteiger partial charge in [-0.1, -0.05) is 35.9 Å². The average Bonchev–Trinajstić information content (AvgIpc) is 3.35. The number of benzene rings is 2. The fraction of sp³-hybridized carbons (Fsp3) is 0.318. The lowest BCUT2D eigenvalue weighted by Crippen LogP contribution is -2.34. The molecule has 152 valence electrons. The number of hydrogen-bond acceptors (Lipinski definition) is 4. The van der Waals surface area contributed by atoms with Crippen LogP contribution in [-0.4, -0.2) is 38.1 Å². The van der Waals surface area contributed by atoms with Gasteiger partial charge in [0.15, 0.2) is 0 Å². The van der Waals surface area contributed by atoms with Crippen LogP contribution in [0.1, 0.15) is 18.4 Å². The summed E-state index contributed by atoms with van der Waals surface area (Å²) in [4.78, 5) is 12.9. The lowest BCUT2D eigenvalue weighted by atomic mass is 10.2. The zero-order valence-corrected chi connectivity index (χ0v) is 17.1. The van der Waals surface area contributed by atoms with Gasteiger partial charge in [-0.3, -0.25) is 4.79 Å². The smallest absolute Gasteiger partial charge is 0.240 e. The number of aromatic nitrogens is 1. The Morgan fingerprint density at radius 3 is 2.66 bits per heavy atom. The van der Waals surface area contributed by atoms with E-state index in [9.17, 15) is 13.2 Å². The minimum atomic E-state index is -3.70. The molecule has 1 atom stereocenters. The maximum atomic E-state index is 13.2. The van der Waals surface area contributed by atoms with E-state index in [4.69, 9.17) is 4.74 Å². The molecule has 7 heteroatoms. The minimum absolute atomic E-state index is 0.0522. The first-order valence-corrected chi connectivity index (χ1v) is 11.2. The van der Waals surface area contributed by atoms with Gasteiger partial charge in [-0.05, 0) is 38.0 Å². The Labute approximate surface area is 170 Å². The molecule has 6 nitrogen and oxygen atoms in total. The van der Waals surface area contributed by atoms with Crippen LogP contribution in [-0.2, 0) is 25.9 Å². The zero-order valence-electron chi connectivity index (χ0n) is 16.3. The number of nitrogens with one attached hydrogen (secondary N) is 1. The first-order chi connectivity index (χ1) is 13.9. The Morgan fingerprint density at radius 1 is 1.17 bits per heavy atom. The third-order valence-corrected chi connectivity index (χ3v) is 7.03. The molecule has 1 aliphatic rings. The monoisotopic (exact) mass is 412 g/mol. The summed E-state index contributed by atoms with van der Waals surface area (Å²) < 4.78 is 33.7. The number of rotatable bonds is 6. The quantitative estimate of drug-likeness (QED) is 0.675. The fourth-order valence-electron chi connectivity index (χ4n) is 3.65. The number of ether oxygens (including phenoxy) is 1. The highest BCUT2D eigenvalue weighted by molar-refractivity contribution is 7.91. The third-order valence-electron chi connectivity index (χ3n) is 5.24. The molecule has 0 unspecified atom stereocenters. The molecule has 3 aromatic rings. The molecule has 0 radical (unpaired) electrons. The van der Waals surface area contributed by atoms with Crippen molar-refractivity contribution in [1.29, 1.82) is 0 Å². The van der Waals surface area contributed by atoms with E-state index in [0.29, 0.717) is 17.4 Å². The van der Waals surface area contributed by atoms with Gasteiger partial charge in [0.05, 0.1) is 15.9 Å². The Balaban J connectivity index is 1.63. The second-order valence-electron chi connectivity index (χ2n) is 7.39. The summed E-state index contributed by atoms with van der Waals surface area (Å²) >= 11 is 0. The average molecular weight is 413 g/mol. The van der Waals surface area contributed by atoms with Gasteiger partial charge in [0.25, 0.3) is 0 Å². The standard InChI is InChI=1S/C22H24N2O4S/c1-16-8-10-18(11-9-16)29(26,27)21-14-24(20-7-3-2-6-19(20)21)15-22(25)23-13-17-5-4-12-28-17/h2-3,6-11,14,17H,4-5,12-13,15H2,1H3,(H,23,25)/t17-/m1/s1. The summed E-state index contributed by atoms with van der Waals surface area (Å²) in [5.74, 6) is -0.166. The molecular formula is C22H24N2O4S. The molecule has 4 rings (SSSR count). The van der Waals surface area contributed by atoms with Crippen LogP contribution in [0.4, 0.5) is 0 Å². The van der Waals surface area contributed by atoms with E-state index in [1.54, 1.807) is 47.2 Å².